The molecule has 4 heterocycles. The second-order valence-electron chi connectivity index (χ2n) is 10.0. The highest BCUT2D eigenvalue weighted by molar-refractivity contribution is 8.03. The maximum Gasteiger partial charge on any atom is 0.410 e. The van der Waals surface area contributed by atoms with E-state index >= 15 is 0 Å². The molecule has 2 amide bonds. The average molecular weight is 528 g/mol. The third kappa shape index (κ3) is 4.80. The molecule has 0 radical (unpaired) electrons. The van der Waals surface area contributed by atoms with Crippen molar-refractivity contribution in [1.29, 1.82) is 0 Å². The lowest BCUT2D eigenvalue weighted by atomic mass is 9.68. The Bertz CT molecular complexity index is 1120. The zero-order chi connectivity index (χ0) is 26.9. The maximum absolute atomic E-state index is 12.9. The minimum atomic E-state index is -1.17. The predicted octanol–water partition coefficient (Wildman–Crippen LogP) is 3.22. The number of amides is 2. The Morgan fingerprint density at radius 3 is 2.62 bits per heavy atom. The Hall–Kier alpha value is -3.11. The average Bonchev–Trinajstić information content (AvgIpc) is 3.33. The van der Waals surface area contributed by atoms with Crippen molar-refractivity contribution in [3.63, 3.8) is 0 Å². The minimum Gasteiger partial charge on any atom is -0.477 e. The van der Waals surface area contributed by atoms with Crippen molar-refractivity contribution in [3.8, 4) is 0 Å². The summed E-state index contributed by atoms with van der Waals surface area (Å²) in [5.41, 5.74) is 0.289. The molecular weight excluding hydrogens is 494 g/mol. The summed E-state index contributed by atoms with van der Waals surface area (Å²) in [6, 6.07) is 3.20. The number of β-lactam (4-membered cyclic amide) rings is 1. The Balaban J connectivity index is 1.65. The van der Waals surface area contributed by atoms with E-state index in [1.165, 1.54) is 22.7 Å². The van der Waals surface area contributed by atoms with Crippen molar-refractivity contribution in [2.45, 2.75) is 56.5 Å². The summed E-state index contributed by atoms with van der Waals surface area (Å²) in [4.78, 5) is 45.9. The number of aliphatic hydroxyl groups is 1. The molecule has 0 aromatic carbocycles. The molecule has 0 spiro atoms. The van der Waals surface area contributed by atoms with E-state index in [0.717, 1.165) is 5.56 Å². The molecule has 6 atom stereocenters. The fraction of sp³-hybridized carbons (Fsp3) is 0.481. The van der Waals surface area contributed by atoms with E-state index < -0.39 is 35.5 Å². The number of aliphatic hydroxyl groups excluding tert-OH is 1. The molecule has 4 rings (SSSR count). The number of nitrogens with zero attached hydrogens (tertiary/aromatic N) is 3. The molecule has 9 nitrogen and oxygen atoms in total. The Morgan fingerprint density at radius 1 is 1.32 bits per heavy atom. The van der Waals surface area contributed by atoms with Crippen LogP contribution in [-0.2, 0) is 20.7 Å². The van der Waals surface area contributed by atoms with E-state index in [0.29, 0.717) is 30.7 Å². The largest absolute Gasteiger partial charge is 0.477 e. The number of carbonyl (C=O) groups excluding carboxylic acids is 2. The second kappa shape index (κ2) is 10.7. The minimum absolute atomic E-state index is 0.0281. The molecule has 2 fully saturated rings. The van der Waals surface area contributed by atoms with E-state index in [1.54, 1.807) is 30.3 Å². The van der Waals surface area contributed by atoms with Gasteiger partial charge in [0.15, 0.2) is 0 Å². The van der Waals surface area contributed by atoms with Crippen LogP contribution in [0.5, 0.6) is 0 Å². The van der Waals surface area contributed by atoms with Gasteiger partial charge in [-0.15, -0.1) is 18.3 Å². The van der Waals surface area contributed by atoms with Gasteiger partial charge in [-0.2, -0.15) is 0 Å². The topological polar surface area (TPSA) is 120 Å². The number of fused-ring (bicyclic) bond motifs is 1. The van der Waals surface area contributed by atoms with Crippen LogP contribution in [0.2, 0.25) is 0 Å². The molecule has 1 aromatic rings. The first-order valence-electron chi connectivity index (χ1n) is 12.3. The van der Waals surface area contributed by atoms with Gasteiger partial charge in [-0.1, -0.05) is 25.7 Å². The van der Waals surface area contributed by atoms with Gasteiger partial charge in [-0.05, 0) is 43.9 Å². The number of allylic oxidation sites excluding steroid dienone is 1. The number of thioether (sulfide) groups is 1. The summed E-state index contributed by atoms with van der Waals surface area (Å²) in [5.74, 6) is -2.23. The Labute approximate surface area is 220 Å². The monoisotopic (exact) mass is 527 g/mol. The van der Waals surface area contributed by atoms with E-state index in [1.807, 2.05) is 19.1 Å². The van der Waals surface area contributed by atoms with Gasteiger partial charge in [-0.25, -0.2) is 9.59 Å². The number of carbonyl (C=O) groups is 3. The molecule has 2 N–H and O–H groups in total. The normalized spacial score (nSPS) is 29.5. The van der Waals surface area contributed by atoms with Gasteiger partial charge < -0.3 is 24.7 Å². The fourth-order valence-electron chi connectivity index (χ4n) is 5.88. The number of aliphatic carboxylic acids is 1. The summed E-state index contributed by atoms with van der Waals surface area (Å²) in [6.07, 6.45) is 6.99. The van der Waals surface area contributed by atoms with E-state index in [9.17, 15) is 24.6 Å². The molecular formula is C27H33N3O6S. The molecule has 0 saturated carbocycles. The summed E-state index contributed by atoms with van der Waals surface area (Å²) < 4.78 is 5.35. The highest BCUT2D eigenvalue weighted by atomic mass is 32.2. The summed E-state index contributed by atoms with van der Waals surface area (Å²) in [6.45, 7) is 11.4. The van der Waals surface area contributed by atoms with Crippen LogP contribution in [0.4, 0.5) is 4.79 Å². The van der Waals surface area contributed by atoms with Crippen molar-refractivity contribution >= 4 is 29.7 Å². The molecule has 1 aromatic heterocycles. The first kappa shape index (κ1) is 26.9. The molecule has 198 valence electrons. The zero-order valence-electron chi connectivity index (χ0n) is 21.1. The van der Waals surface area contributed by atoms with E-state index in [2.05, 4.69) is 18.1 Å². The van der Waals surface area contributed by atoms with Crippen LogP contribution in [0.3, 0.4) is 0 Å². The molecule has 37 heavy (non-hydrogen) atoms. The standard InChI is InChI=1S/C27H33N3O6S/c1-5-9-27(4)22-20(16(3)31)24(32)30(22)21(25(33)34)23(27)37-19-14-18(13-17-7-10-28-11-8-17)29(15-19)26(35)36-12-6-2/h5-8,10-11,16,18-20,22,31H,1-2,9,12-15H2,3-4H3,(H,33,34)/t16-,18-,19+,20-,22+,27-/m1/s1. The van der Waals surface area contributed by atoms with Gasteiger partial charge >= 0.3 is 12.1 Å². The second-order valence-corrected chi connectivity index (χ2v) is 11.3. The highest BCUT2D eigenvalue weighted by Gasteiger charge is 2.66. The van der Waals surface area contributed by atoms with Crippen molar-refractivity contribution < 1.29 is 29.3 Å². The molecule has 2 saturated heterocycles. The van der Waals surface area contributed by atoms with Crippen LogP contribution in [0.1, 0.15) is 32.3 Å². The van der Waals surface area contributed by atoms with Crippen LogP contribution >= 0.6 is 11.8 Å². The van der Waals surface area contributed by atoms with Gasteiger partial charge in [-0.3, -0.25) is 9.78 Å². The maximum atomic E-state index is 12.9. The van der Waals surface area contributed by atoms with Crippen LogP contribution in [0.25, 0.3) is 0 Å². The van der Waals surface area contributed by atoms with Crippen LogP contribution in [0.15, 0.2) is 60.4 Å². The predicted molar refractivity (Wildman–Crippen MR) is 139 cm³/mol. The number of likely N-dealkylation sites (tertiary alicyclic amines) is 1. The summed E-state index contributed by atoms with van der Waals surface area (Å²) in [5, 5.41) is 20.3. The molecule has 10 heteroatoms. The number of ether oxygens (including phenoxy) is 1. The SMILES string of the molecule is C=CCOC(=O)N1C[C@@H](SC2=C(C(=O)O)N3C(=O)[C@H]([C@@H](C)O)[C@H]3[C@@]2(C)CC=C)C[C@H]1Cc1ccncc1. The first-order chi connectivity index (χ1) is 17.6. The molecule has 0 bridgehead atoms. The lowest BCUT2D eigenvalue weighted by Gasteiger charge is -2.50. The molecule has 0 aliphatic carbocycles. The summed E-state index contributed by atoms with van der Waals surface area (Å²) >= 11 is 1.41. The number of pyridine rings is 1. The number of hydrogen-bond donors (Lipinski definition) is 2. The van der Waals surface area contributed by atoms with Crippen LogP contribution in [0, 0.1) is 11.3 Å². The van der Waals surface area contributed by atoms with Gasteiger partial charge in [0.25, 0.3) is 0 Å². The van der Waals surface area contributed by atoms with Crippen LogP contribution in [-0.4, -0.2) is 79.6 Å². The van der Waals surface area contributed by atoms with Gasteiger partial charge in [0, 0.05) is 40.6 Å². The van der Waals surface area contributed by atoms with Gasteiger partial charge in [0.05, 0.1) is 18.1 Å². The van der Waals surface area contributed by atoms with Crippen molar-refractivity contribution in [1.82, 2.24) is 14.8 Å². The van der Waals surface area contributed by atoms with E-state index in [-0.39, 0.29) is 29.5 Å². The number of carboxylic acids is 1. The van der Waals surface area contributed by atoms with Crippen molar-refractivity contribution in [2.75, 3.05) is 13.2 Å². The number of rotatable bonds is 10. The number of carboxylic acid groups (broad SMARTS) is 1. The third-order valence-corrected chi connectivity index (χ3v) is 9.07. The van der Waals surface area contributed by atoms with E-state index in [4.69, 9.17) is 4.74 Å². The fourth-order valence-corrected chi connectivity index (χ4v) is 7.53. The van der Waals surface area contributed by atoms with Gasteiger partial charge in [0.2, 0.25) is 5.91 Å². The number of aromatic nitrogens is 1. The molecule has 0 unspecified atom stereocenters. The lowest BCUT2D eigenvalue weighted by molar-refractivity contribution is -0.166. The first-order valence-corrected chi connectivity index (χ1v) is 13.2. The quantitative estimate of drug-likeness (QED) is 0.352. The zero-order valence-corrected chi connectivity index (χ0v) is 21.9. The molecule has 3 aliphatic heterocycles. The smallest absolute Gasteiger partial charge is 0.410 e. The summed E-state index contributed by atoms with van der Waals surface area (Å²) in [7, 11) is 0. The van der Waals surface area contributed by atoms with Crippen molar-refractivity contribution in [2.24, 2.45) is 11.3 Å². The van der Waals surface area contributed by atoms with Gasteiger partial charge in [0.1, 0.15) is 12.3 Å². The molecule has 3 aliphatic rings. The third-order valence-electron chi connectivity index (χ3n) is 7.50. The number of hydrogen-bond acceptors (Lipinski definition) is 7. The Morgan fingerprint density at radius 2 is 2.03 bits per heavy atom. The Kier molecular flexibility index (Phi) is 7.80. The highest BCUT2D eigenvalue weighted by Crippen LogP contribution is 2.60. The van der Waals surface area contributed by atoms with Crippen molar-refractivity contribution in [3.05, 3.63) is 66.0 Å². The van der Waals surface area contributed by atoms with Crippen LogP contribution < -0.4 is 0 Å². The lowest BCUT2D eigenvalue weighted by Crippen LogP contribution is -2.66.